The summed E-state index contributed by atoms with van der Waals surface area (Å²) >= 11 is 0. The molecule has 1 aliphatic heterocycles. The Morgan fingerprint density at radius 2 is 1.92 bits per heavy atom. The predicted octanol–water partition coefficient (Wildman–Crippen LogP) is 2.92. The first-order chi connectivity index (χ1) is 11.0. The molecular weight excluding hydrogens is 312 g/mol. The Bertz CT molecular complexity index is 658. The van der Waals surface area contributed by atoms with E-state index in [0.29, 0.717) is 18.1 Å². The number of aromatic nitrogens is 2. The zero-order valence-electron chi connectivity index (χ0n) is 15.4. The lowest BCUT2D eigenvalue weighted by Crippen LogP contribution is -2.44. The number of hydrogen-bond donors (Lipinski definition) is 1. The van der Waals surface area contributed by atoms with Crippen molar-refractivity contribution in [3.63, 3.8) is 0 Å². The number of carbonyl (C=O) groups is 2. The monoisotopic (exact) mass is 338 g/mol. The van der Waals surface area contributed by atoms with Gasteiger partial charge in [0.15, 0.2) is 5.82 Å². The van der Waals surface area contributed by atoms with Gasteiger partial charge in [0.05, 0.1) is 24.4 Å². The minimum Gasteiger partial charge on any atom is -0.448 e. The van der Waals surface area contributed by atoms with Crippen LogP contribution in [0.2, 0.25) is 0 Å². The third-order valence-electron chi connectivity index (χ3n) is 3.85. The lowest BCUT2D eigenvalue weighted by Gasteiger charge is -2.34. The molecule has 0 saturated carbocycles. The molecule has 1 aromatic heterocycles. The second kappa shape index (κ2) is 5.99. The summed E-state index contributed by atoms with van der Waals surface area (Å²) in [7, 11) is 1.72. The van der Waals surface area contributed by atoms with E-state index in [1.807, 2.05) is 34.6 Å². The second-order valence-electron chi connectivity index (χ2n) is 7.16. The Hall–Kier alpha value is -2.25. The van der Waals surface area contributed by atoms with Crippen molar-refractivity contribution in [2.45, 2.75) is 59.2 Å². The van der Waals surface area contributed by atoms with Crippen LogP contribution in [0.4, 0.5) is 15.4 Å². The molecule has 0 spiro atoms. The molecular formula is C16H26N4O4. The number of rotatable bonds is 2. The first kappa shape index (κ1) is 18.1. The Kier molecular flexibility index (Phi) is 4.52. The highest BCUT2D eigenvalue weighted by atomic mass is 16.6. The highest BCUT2D eigenvalue weighted by Crippen LogP contribution is 2.42. The number of hydrogen-bond acceptors (Lipinski definition) is 6. The summed E-state index contributed by atoms with van der Waals surface area (Å²) in [4.78, 5) is 26.4. The zero-order valence-corrected chi connectivity index (χ0v) is 15.4. The lowest BCUT2D eigenvalue weighted by molar-refractivity contribution is 0.00387. The predicted molar refractivity (Wildman–Crippen MR) is 89.0 cm³/mol. The van der Waals surface area contributed by atoms with Crippen LogP contribution >= 0.6 is 0 Å². The van der Waals surface area contributed by atoms with Crippen LogP contribution in [0.15, 0.2) is 0 Å². The van der Waals surface area contributed by atoms with Gasteiger partial charge in [-0.2, -0.15) is 4.68 Å². The van der Waals surface area contributed by atoms with Crippen molar-refractivity contribution in [3.05, 3.63) is 11.3 Å². The maximum absolute atomic E-state index is 12.6. The van der Waals surface area contributed by atoms with Crippen molar-refractivity contribution >= 4 is 18.0 Å². The summed E-state index contributed by atoms with van der Waals surface area (Å²) in [5.74, 6) is 0.553. The number of anilines is 1. The molecule has 1 aliphatic rings. The van der Waals surface area contributed by atoms with E-state index in [1.54, 1.807) is 18.9 Å². The van der Waals surface area contributed by atoms with Gasteiger partial charge in [-0.05, 0) is 41.5 Å². The van der Waals surface area contributed by atoms with Gasteiger partial charge in [0.2, 0.25) is 0 Å². The van der Waals surface area contributed by atoms with Gasteiger partial charge in [-0.1, -0.05) is 0 Å². The first-order valence-electron chi connectivity index (χ1n) is 8.00. The van der Waals surface area contributed by atoms with Gasteiger partial charge in [-0.15, -0.1) is 5.10 Å². The van der Waals surface area contributed by atoms with Crippen molar-refractivity contribution in [3.8, 4) is 0 Å². The van der Waals surface area contributed by atoms with Crippen LogP contribution in [0, 0.1) is 0 Å². The fourth-order valence-electron chi connectivity index (χ4n) is 2.84. The maximum atomic E-state index is 12.6. The van der Waals surface area contributed by atoms with Crippen LogP contribution in [0.3, 0.4) is 0 Å². The Labute approximate surface area is 142 Å². The SMILES string of the molecule is CCOC(=O)n1nc(NC)c2c1C(C)(C)N(C(=O)OC(C)(C)C)C2. The molecule has 1 amide bonds. The molecule has 1 N–H and O–H groups in total. The maximum Gasteiger partial charge on any atom is 0.435 e. The van der Waals surface area contributed by atoms with Crippen molar-refractivity contribution in [2.24, 2.45) is 0 Å². The van der Waals surface area contributed by atoms with E-state index in [-0.39, 0.29) is 6.61 Å². The summed E-state index contributed by atoms with van der Waals surface area (Å²) in [5, 5.41) is 7.26. The quantitative estimate of drug-likeness (QED) is 0.892. The molecule has 0 unspecified atom stereocenters. The molecule has 2 heterocycles. The van der Waals surface area contributed by atoms with Gasteiger partial charge < -0.3 is 14.8 Å². The van der Waals surface area contributed by atoms with E-state index >= 15 is 0 Å². The smallest absolute Gasteiger partial charge is 0.435 e. The number of fused-ring (bicyclic) bond motifs is 1. The van der Waals surface area contributed by atoms with E-state index in [2.05, 4.69) is 10.4 Å². The molecule has 134 valence electrons. The van der Waals surface area contributed by atoms with E-state index in [4.69, 9.17) is 9.47 Å². The molecule has 0 atom stereocenters. The lowest BCUT2D eigenvalue weighted by atomic mass is 10.0. The van der Waals surface area contributed by atoms with Crippen molar-refractivity contribution in [1.82, 2.24) is 14.7 Å². The van der Waals surface area contributed by atoms with Crippen LogP contribution in [0.25, 0.3) is 0 Å². The van der Waals surface area contributed by atoms with Crippen LogP contribution in [0.5, 0.6) is 0 Å². The van der Waals surface area contributed by atoms with E-state index in [1.165, 1.54) is 4.68 Å². The third kappa shape index (κ3) is 3.05. The summed E-state index contributed by atoms with van der Waals surface area (Å²) in [6, 6.07) is 0. The minimum atomic E-state index is -0.757. The molecule has 0 fully saturated rings. The van der Waals surface area contributed by atoms with Crippen LogP contribution in [-0.2, 0) is 21.6 Å². The molecule has 0 aliphatic carbocycles. The highest BCUT2D eigenvalue weighted by molar-refractivity contribution is 5.76. The van der Waals surface area contributed by atoms with Crippen molar-refractivity contribution in [2.75, 3.05) is 19.0 Å². The molecule has 0 bridgehead atoms. The van der Waals surface area contributed by atoms with Gasteiger partial charge in [0.25, 0.3) is 0 Å². The van der Waals surface area contributed by atoms with Gasteiger partial charge in [0.1, 0.15) is 5.60 Å². The topological polar surface area (TPSA) is 85.7 Å². The van der Waals surface area contributed by atoms with Crippen LogP contribution in [0.1, 0.15) is 52.8 Å². The standard InChI is InChI=1S/C16H26N4O4/c1-8-23-14(22)20-11-10(12(17-7)18-20)9-19(16(11,5)6)13(21)24-15(2,3)4/h8-9H2,1-7H3,(H,17,18). The number of carbonyl (C=O) groups excluding carboxylic acids is 2. The molecule has 0 radical (unpaired) electrons. The fourth-order valence-corrected chi connectivity index (χ4v) is 2.84. The van der Waals surface area contributed by atoms with Crippen molar-refractivity contribution in [1.29, 1.82) is 0 Å². The van der Waals surface area contributed by atoms with Crippen molar-refractivity contribution < 1.29 is 19.1 Å². The summed E-state index contributed by atoms with van der Waals surface area (Å²) < 4.78 is 11.8. The van der Waals surface area contributed by atoms with Crippen LogP contribution in [-0.4, -0.2) is 46.1 Å². The molecule has 0 aromatic carbocycles. The zero-order chi connectivity index (χ0) is 18.3. The summed E-state index contributed by atoms with van der Waals surface area (Å²) in [5.41, 5.74) is 0.0746. The Balaban J connectivity index is 2.44. The number of nitrogens with one attached hydrogen (secondary N) is 1. The Morgan fingerprint density at radius 1 is 1.29 bits per heavy atom. The van der Waals surface area contributed by atoms with E-state index in [9.17, 15) is 9.59 Å². The molecule has 2 rings (SSSR count). The first-order valence-corrected chi connectivity index (χ1v) is 8.00. The molecule has 1 aromatic rings. The Morgan fingerprint density at radius 3 is 2.42 bits per heavy atom. The molecule has 8 nitrogen and oxygen atoms in total. The van der Waals surface area contributed by atoms with E-state index in [0.717, 1.165) is 5.56 Å². The highest BCUT2D eigenvalue weighted by Gasteiger charge is 2.47. The molecule has 8 heteroatoms. The number of amides is 1. The third-order valence-corrected chi connectivity index (χ3v) is 3.85. The normalized spacial score (nSPS) is 15.9. The van der Waals surface area contributed by atoms with E-state index < -0.39 is 23.3 Å². The van der Waals surface area contributed by atoms with Gasteiger partial charge in [0, 0.05) is 12.6 Å². The average Bonchev–Trinajstić information content (AvgIpc) is 2.93. The largest absolute Gasteiger partial charge is 0.448 e. The van der Waals surface area contributed by atoms with Gasteiger partial charge in [-0.3, -0.25) is 4.90 Å². The van der Waals surface area contributed by atoms with Gasteiger partial charge in [-0.25, -0.2) is 9.59 Å². The summed E-state index contributed by atoms with van der Waals surface area (Å²) in [6.07, 6.45) is -0.990. The summed E-state index contributed by atoms with van der Waals surface area (Å²) in [6.45, 7) is 11.5. The minimum absolute atomic E-state index is 0.249. The molecule has 24 heavy (non-hydrogen) atoms. The second-order valence-corrected chi connectivity index (χ2v) is 7.16. The number of ether oxygens (including phenoxy) is 2. The molecule has 0 saturated heterocycles. The number of nitrogens with zero attached hydrogens (tertiary/aromatic N) is 3. The van der Waals surface area contributed by atoms with Crippen LogP contribution < -0.4 is 5.32 Å². The average molecular weight is 338 g/mol. The fraction of sp³-hybridized carbons (Fsp3) is 0.688. The van der Waals surface area contributed by atoms with Gasteiger partial charge >= 0.3 is 12.2 Å².